The number of para-hydroxylation sites is 1. The molecule has 290 valence electrons. The van der Waals surface area contributed by atoms with E-state index in [1.807, 2.05) is 43.9 Å². The molecule has 2 aliphatic rings. The number of aliphatic hydroxyl groups excluding tert-OH is 1. The molecule has 2 aliphatic heterocycles. The average molecular weight is 731 g/mol. The minimum absolute atomic E-state index is 0.0598. The van der Waals surface area contributed by atoms with Crippen molar-refractivity contribution in [3.63, 3.8) is 0 Å². The number of amides is 3. The van der Waals surface area contributed by atoms with E-state index in [2.05, 4.69) is 26.6 Å². The van der Waals surface area contributed by atoms with Crippen molar-refractivity contribution in [2.45, 2.75) is 142 Å². The van der Waals surface area contributed by atoms with Crippen LogP contribution < -0.4 is 5.32 Å². The lowest BCUT2D eigenvalue weighted by atomic mass is 9.85. The third-order valence-corrected chi connectivity index (χ3v) is 10.9. The molecule has 0 aliphatic carbocycles. The van der Waals surface area contributed by atoms with Gasteiger partial charge in [-0.2, -0.15) is 0 Å². The normalized spacial score (nSPS) is 16.9. The van der Waals surface area contributed by atoms with Crippen LogP contribution in [0.2, 0.25) is 0 Å². The number of aromatic hydroxyl groups is 1. The number of hydrogen-bond donors (Lipinski definition) is 4. The zero-order valence-corrected chi connectivity index (χ0v) is 32.2. The molecule has 2 saturated heterocycles. The molecule has 4 heterocycles. The third-order valence-electron chi connectivity index (χ3n) is 10.9. The van der Waals surface area contributed by atoms with Crippen molar-refractivity contribution < 1.29 is 24.6 Å². The van der Waals surface area contributed by atoms with Crippen LogP contribution in [-0.2, 0) is 14.4 Å². The molecule has 5 rings (SSSR count). The number of aliphatic hydroxyl groups is 1. The van der Waals surface area contributed by atoms with E-state index in [4.69, 9.17) is 0 Å². The highest BCUT2D eigenvalue weighted by Crippen LogP contribution is 2.32. The van der Waals surface area contributed by atoms with Crippen LogP contribution in [0.15, 0.2) is 36.4 Å². The number of carbonyl (C=O) groups is 3. The van der Waals surface area contributed by atoms with Gasteiger partial charge in [-0.1, -0.05) is 104 Å². The summed E-state index contributed by atoms with van der Waals surface area (Å²) in [6, 6.07) is 10.6. The van der Waals surface area contributed by atoms with Crippen molar-refractivity contribution in [3.05, 3.63) is 42.1 Å². The number of rotatable bonds is 20. The predicted octanol–water partition coefficient (Wildman–Crippen LogP) is 7.23. The van der Waals surface area contributed by atoms with Crippen LogP contribution >= 0.6 is 0 Å². The second kappa shape index (κ2) is 19.4. The minimum Gasteiger partial charge on any atom is -0.507 e. The van der Waals surface area contributed by atoms with Gasteiger partial charge >= 0.3 is 0 Å². The number of nitrogens with zero attached hydrogens (tertiary/aromatic N) is 4. The van der Waals surface area contributed by atoms with Crippen molar-refractivity contribution >= 4 is 28.8 Å². The van der Waals surface area contributed by atoms with E-state index in [9.17, 15) is 24.6 Å². The Morgan fingerprint density at radius 2 is 1.43 bits per heavy atom. The molecule has 53 heavy (non-hydrogen) atoms. The maximum absolute atomic E-state index is 13.0. The smallest absolute Gasteiger partial charge is 0.245 e. The van der Waals surface area contributed by atoms with Crippen LogP contribution in [0, 0.1) is 5.41 Å². The van der Waals surface area contributed by atoms with E-state index in [0.717, 1.165) is 61.9 Å². The van der Waals surface area contributed by atoms with Gasteiger partial charge in [-0.3, -0.25) is 14.4 Å². The average Bonchev–Trinajstić information content (AvgIpc) is 3.73. The molecule has 4 N–H and O–H groups in total. The molecule has 0 radical (unpaired) electrons. The molecule has 2 fully saturated rings. The van der Waals surface area contributed by atoms with E-state index in [1.165, 1.54) is 51.4 Å². The molecular formula is C42H62N6O5. The summed E-state index contributed by atoms with van der Waals surface area (Å²) in [5, 5.41) is 32.5. The Bertz CT molecular complexity index is 1640. The highest BCUT2D eigenvalue weighted by atomic mass is 16.3. The number of β-amino-alcohol motifs (C(OH)–C–C–N with tert-alkyl or cyclic N) is 1. The summed E-state index contributed by atoms with van der Waals surface area (Å²) in [4.78, 5) is 45.4. The van der Waals surface area contributed by atoms with Crippen LogP contribution in [0.1, 0.15) is 135 Å². The number of unbranched alkanes of at least 4 members (excludes halogenated alkanes) is 12. The lowest BCUT2D eigenvalue weighted by molar-refractivity contribution is -0.139. The number of aromatic amines is 1. The Balaban J connectivity index is 0.827. The number of phenols is 1. The van der Waals surface area contributed by atoms with E-state index in [0.29, 0.717) is 43.6 Å². The lowest BCUT2D eigenvalue weighted by Gasteiger charge is -2.39. The van der Waals surface area contributed by atoms with Gasteiger partial charge in [0, 0.05) is 61.6 Å². The first-order chi connectivity index (χ1) is 25.5. The van der Waals surface area contributed by atoms with Crippen LogP contribution in [0.5, 0.6) is 5.75 Å². The predicted molar refractivity (Wildman–Crippen MR) is 208 cm³/mol. The first kappa shape index (κ1) is 40.2. The van der Waals surface area contributed by atoms with Crippen molar-refractivity contribution in [1.29, 1.82) is 0 Å². The molecule has 3 aromatic rings. The zero-order valence-electron chi connectivity index (χ0n) is 32.2. The summed E-state index contributed by atoms with van der Waals surface area (Å²) in [6.45, 7) is 8.27. The monoisotopic (exact) mass is 730 g/mol. The van der Waals surface area contributed by atoms with Gasteiger partial charge in [-0.05, 0) is 48.9 Å². The third kappa shape index (κ3) is 11.7. The van der Waals surface area contributed by atoms with Crippen molar-refractivity contribution in [1.82, 2.24) is 30.3 Å². The van der Waals surface area contributed by atoms with Crippen molar-refractivity contribution in [3.8, 4) is 17.0 Å². The van der Waals surface area contributed by atoms with E-state index in [1.54, 1.807) is 17.0 Å². The van der Waals surface area contributed by atoms with Crippen molar-refractivity contribution in [2.24, 2.45) is 5.41 Å². The summed E-state index contributed by atoms with van der Waals surface area (Å²) in [7, 11) is 0. The summed E-state index contributed by atoms with van der Waals surface area (Å²) in [5.74, 6) is 0.567. The Morgan fingerprint density at radius 3 is 2.02 bits per heavy atom. The van der Waals surface area contributed by atoms with Gasteiger partial charge in [0.05, 0.1) is 11.8 Å². The second-order valence-electron chi connectivity index (χ2n) is 16.5. The number of benzene rings is 1. The maximum Gasteiger partial charge on any atom is 0.245 e. The fourth-order valence-corrected chi connectivity index (χ4v) is 7.55. The minimum atomic E-state index is -0.571. The molecule has 0 bridgehead atoms. The number of H-pyrrole nitrogens is 1. The van der Waals surface area contributed by atoms with E-state index in [-0.39, 0.29) is 34.8 Å². The quantitative estimate of drug-likeness (QED) is 0.0896. The van der Waals surface area contributed by atoms with E-state index < -0.39 is 12.1 Å². The van der Waals surface area contributed by atoms with Gasteiger partial charge in [-0.15, -0.1) is 10.2 Å². The Morgan fingerprint density at radius 1 is 0.830 bits per heavy atom. The lowest BCUT2D eigenvalue weighted by Crippen LogP contribution is -2.54. The number of carbonyl (C=O) groups excluding carboxylic acids is 3. The molecule has 1 aromatic carbocycles. The van der Waals surface area contributed by atoms with Gasteiger partial charge in [0.15, 0.2) is 5.65 Å². The number of hydrogen-bond acceptors (Lipinski definition) is 7. The highest BCUT2D eigenvalue weighted by Gasteiger charge is 2.38. The molecule has 3 amide bonds. The second-order valence-corrected chi connectivity index (χ2v) is 16.5. The van der Waals surface area contributed by atoms with Gasteiger partial charge in [0.1, 0.15) is 11.8 Å². The zero-order chi connectivity index (χ0) is 37.8. The largest absolute Gasteiger partial charge is 0.507 e. The van der Waals surface area contributed by atoms with Crippen LogP contribution in [0.25, 0.3) is 22.3 Å². The molecule has 2 aromatic heterocycles. The fourth-order valence-electron chi connectivity index (χ4n) is 7.55. The summed E-state index contributed by atoms with van der Waals surface area (Å²) in [6.07, 6.45) is 16.2. The van der Waals surface area contributed by atoms with Gasteiger partial charge in [0.2, 0.25) is 17.7 Å². The summed E-state index contributed by atoms with van der Waals surface area (Å²) < 4.78 is 0. The first-order valence-corrected chi connectivity index (χ1v) is 20.2. The number of aromatic nitrogens is 3. The summed E-state index contributed by atoms with van der Waals surface area (Å²) in [5.41, 5.74) is 2.70. The Labute approximate surface area is 315 Å². The number of likely N-dealkylation sites (tertiary alicyclic amines) is 2. The Hall–Kier alpha value is -3.99. The molecule has 11 nitrogen and oxygen atoms in total. The Kier molecular flexibility index (Phi) is 14.7. The van der Waals surface area contributed by atoms with Gasteiger partial charge in [-0.25, -0.2) is 0 Å². The standard InChI is InChI=1S/C42H62N6O5/c1-42(2,3)39(41(53)47-24-23-32(49)29-47)44-37(51)21-15-13-11-9-7-5-4-6-8-10-12-14-16-22-38(52)48-27-31(28-48)34-25-30-26-35(45-46-40(30)43-34)33-19-17-18-20-36(33)50/h17-20,25-26,31-32,39,49-50H,4-16,21-24,27-29H2,1-3H3,(H,43,46)(H,44,51)/t32-,39-/m1/s1. The molecule has 2 atom stereocenters. The summed E-state index contributed by atoms with van der Waals surface area (Å²) >= 11 is 0. The molecule has 0 saturated carbocycles. The number of fused-ring (bicyclic) bond motifs is 1. The number of nitrogens with one attached hydrogen (secondary N) is 2. The van der Waals surface area contributed by atoms with Crippen molar-refractivity contribution in [2.75, 3.05) is 26.2 Å². The fraction of sp³-hybridized carbons (Fsp3) is 0.643. The van der Waals surface area contributed by atoms with E-state index >= 15 is 0 Å². The number of phenolic OH excluding ortho intramolecular Hbond substituents is 1. The van der Waals surface area contributed by atoms with Crippen LogP contribution in [0.4, 0.5) is 0 Å². The molecule has 0 unspecified atom stereocenters. The first-order valence-electron chi connectivity index (χ1n) is 20.2. The van der Waals surface area contributed by atoms with Crippen LogP contribution in [0.3, 0.4) is 0 Å². The SMILES string of the molecule is CC(C)(C)[C@H](NC(=O)CCCCCCCCCCCCCCCC(=O)N1CC(c2cc3cc(-c4ccccc4O)nnc3[nH]2)C1)C(=O)N1CC[C@@H](O)C1. The van der Waals surface area contributed by atoms with Gasteiger partial charge < -0.3 is 30.3 Å². The molecular weight excluding hydrogens is 668 g/mol. The topological polar surface area (TPSA) is 152 Å². The molecule has 0 spiro atoms. The highest BCUT2D eigenvalue weighted by molar-refractivity contribution is 5.88. The molecule has 11 heteroatoms. The van der Waals surface area contributed by atoms with Gasteiger partial charge in [0.25, 0.3) is 0 Å². The maximum atomic E-state index is 13.0. The van der Waals surface area contributed by atoms with Crippen LogP contribution in [-0.4, -0.2) is 91.2 Å².